The third-order valence-electron chi connectivity index (χ3n) is 6.50. The van der Waals surface area contributed by atoms with Crippen molar-refractivity contribution in [1.82, 2.24) is 24.5 Å². The maximum Gasteiger partial charge on any atom is 0.260 e. The van der Waals surface area contributed by atoms with Crippen LogP contribution in [0, 0.1) is 0 Å². The number of carbonyl (C=O) groups excluding carboxylic acids is 3. The van der Waals surface area contributed by atoms with E-state index in [1.165, 1.54) is 30.3 Å². The molecule has 0 saturated carbocycles. The van der Waals surface area contributed by atoms with E-state index in [2.05, 4.69) is 11.5 Å². The molecular formula is C23H39F2N5O3. The van der Waals surface area contributed by atoms with Crippen LogP contribution in [0.2, 0.25) is 0 Å². The molecule has 0 N–H and O–H groups in total. The Hall–Kier alpha value is -2.23. The number of amides is 3. The molecular weight excluding hydrogens is 432 g/mol. The molecule has 1 unspecified atom stereocenters. The smallest absolute Gasteiger partial charge is 0.260 e. The molecule has 8 nitrogen and oxygen atoms in total. The number of alkyl halides is 2. The average molecular weight is 472 g/mol. The maximum atomic E-state index is 13.8. The summed E-state index contributed by atoms with van der Waals surface area (Å²) in [5.41, 5.74) is 0.856. The van der Waals surface area contributed by atoms with Crippen LogP contribution in [-0.2, 0) is 14.4 Å². The Morgan fingerprint density at radius 1 is 1.06 bits per heavy atom. The lowest BCUT2D eigenvalue weighted by Gasteiger charge is -2.37. The van der Waals surface area contributed by atoms with Crippen LogP contribution < -0.4 is 0 Å². The SMILES string of the molecule is C=C(CN(C)C(=O)C(CCN1CCCC(F)(F)C1)N(C)C(=O)CN(C)C=O)N1CCCCC1. The molecule has 3 amide bonds. The van der Waals surface area contributed by atoms with Gasteiger partial charge >= 0.3 is 0 Å². The van der Waals surface area contributed by atoms with Crippen molar-refractivity contribution in [1.29, 1.82) is 0 Å². The highest BCUT2D eigenvalue weighted by Gasteiger charge is 2.36. The highest BCUT2D eigenvalue weighted by molar-refractivity contribution is 5.88. The quantitative estimate of drug-likeness (QED) is 0.427. The minimum Gasteiger partial charge on any atom is -0.374 e. The summed E-state index contributed by atoms with van der Waals surface area (Å²) < 4.78 is 27.6. The van der Waals surface area contributed by atoms with Gasteiger partial charge in [0.25, 0.3) is 5.92 Å². The summed E-state index contributed by atoms with van der Waals surface area (Å²) in [4.78, 5) is 45.0. The fourth-order valence-electron chi connectivity index (χ4n) is 4.48. The first-order valence-electron chi connectivity index (χ1n) is 11.7. The Balaban J connectivity index is 2.06. The monoisotopic (exact) mass is 471 g/mol. The van der Waals surface area contributed by atoms with E-state index in [0.29, 0.717) is 25.9 Å². The maximum absolute atomic E-state index is 13.8. The molecule has 0 aromatic carbocycles. The molecule has 0 aliphatic carbocycles. The van der Waals surface area contributed by atoms with Gasteiger partial charge in [0.1, 0.15) is 6.04 Å². The minimum atomic E-state index is -2.73. The Labute approximate surface area is 196 Å². The summed E-state index contributed by atoms with van der Waals surface area (Å²) in [7, 11) is 4.69. The first-order valence-corrected chi connectivity index (χ1v) is 11.7. The van der Waals surface area contributed by atoms with Gasteiger partial charge in [-0.25, -0.2) is 8.78 Å². The molecule has 0 aromatic rings. The van der Waals surface area contributed by atoms with Gasteiger partial charge in [0.15, 0.2) is 0 Å². The average Bonchev–Trinajstić information content (AvgIpc) is 2.78. The molecule has 0 spiro atoms. The number of rotatable bonds is 11. The second kappa shape index (κ2) is 12.3. The van der Waals surface area contributed by atoms with Gasteiger partial charge in [0.2, 0.25) is 18.2 Å². The number of likely N-dealkylation sites (N-methyl/N-ethyl adjacent to an activating group) is 3. The van der Waals surface area contributed by atoms with Crippen LogP contribution in [0.15, 0.2) is 12.3 Å². The fraction of sp³-hybridized carbons (Fsp3) is 0.783. The Morgan fingerprint density at radius 2 is 1.73 bits per heavy atom. The zero-order valence-electron chi connectivity index (χ0n) is 20.3. The van der Waals surface area contributed by atoms with Crippen molar-refractivity contribution in [3.8, 4) is 0 Å². The summed E-state index contributed by atoms with van der Waals surface area (Å²) in [5, 5.41) is 0. The van der Waals surface area contributed by atoms with E-state index in [-0.39, 0.29) is 44.3 Å². The van der Waals surface area contributed by atoms with Crippen molar-refractivity contribution in [3.05, 3.63) is 12.3 Å². The van der Waals surface area contributed by atoms with Gasteiger partial charge in [0, 0.05) is 52.9 Å². The van der Waals surface area contributed by atoms with E-state index < -0.39 is 12.0 Å². The third-order valence-corrected chi connectivity index (χ3v) is 6.50. The highest BCUT2D eigenvalue weighted by Crippen LogP contribution is 2.27. The zero-order chi connectivity index (χ0) is 24.6. The summed E-state index contributed by atoms with van der Waals surface area (Å²) >= 11 is 0. The number of likely N-dealkylation sites (tertiary alicyclic amines) is 2. The molecule has 188 valence electrons. The Bertz CT molecular complexity index is 700. The second-order valence-electron chi connectivity index (χ2n) is 9.37. The van der Waals surface area contributed by atoms with Gasteiger partial charge in [-0.05, 0) is 38.6 Å². The van der Waals surface area contributed by atoms with Crippen LogP contribution in [-0.4, -0.2) is 122 Å². The van der Waals surface area contributed by atoms with E-state index in [0.717, 1.165) is 31.6 Å². The number of carbonyl (C=O) groups is 3. The molecule has 1 atom stereocenters. The minimum absolute atomic E-state index is 0.121. The summed E-state index contributed by atoms with van der Waals surface area (Å²) in [6.07, 6.45) is 4.46. The predicted molar refractivity (Wildman–Crippen MR) is 123 cm³/mol. The molecule has 10 heteroatoms. The number of hydrogen-bond acceptors (Lipinski definition) is 5. The molecule has 0 aromatic heterocycles. The van der Waals surface area contributed by atoms with Crippen molar-refractivity contribution in [2.75, 3.05) is 67.0 Å². The second-order valence-corrected chi connectivity index (χ2v) is 9.37. The number of piperidine rings is 2. The van der Waals surface area contributed by atoms with Crippen LogP contribution in [0.5, 0.6) is 0 Å². The molecule has 2 heterocycles. The fourth-order valence-corrected chi connectivity index (χ4v) is 4.48. The van der Waals surface area contributed by atoms with E-state index >= 15 is 0 Å². The zero-order valence-corrected chi connectivity index (χ0v) is 20.3. The summed E-state index contributed by atoms with van der Waals surface area (Å²) in [6, 6.07) is -0.813. The van der Waals surface area contributed by atoms with Crippen molar-refractivity contribution in [2.24, 2.45) is 0 Å². The van der Waals surface area contributed by atoms with E-state index in [9.17, 15) is 23.2 Å². The lowest BCUT2D eigenvalue weighted by molar-refractivity contribution is -0.145. The van der Waals surface area contributed by atoms with Crippen molar-refractivity contribution < 1.29 is 23.2 Å². The van der Waals surface area contributed by atoms with Crippen LogP contribution in [0.4, 0.5) is 8.78 Å². The summed E-state index contributed by atoms with van der Waals surface area (Å²) in [5.74, 6) is -3.37. The van der Waals surface area contributed by atoms with Crippen LogP contribution in [0.3, 0.4) is 0 Å². The molecule has 2 aliphatic heterocycles. The van der Waals surface area contributed by atoms with Gasteiger partial charge in [0.05, 0.1) is 19.6 Å². The van der Waals surface area contributed by atoms with Gasteiger partial charge in [-0.15, -0.1) is 0 Å². The normalized spacial score (nSPS) is 19.5. The third kappa shape index (κ3) is 8.24. The largest absolute Gasteiger partial charge is 0.374 e. The molecule has 0 bridgehead atoms. The molecule has 33 heavy (non-hydrogen) atoms. The van der Waals surface area contributed by atoms with Gasteiger partial charge in [-0.2, -0.15) is 0 Å². The first-order chi connectivity index (χ1) is 15.5. The van der Waals surface area contributed by atoms with Crippen LogP contribution in [0.1, 0.15) is 38.5 Å². The Kier molecular flexibility index (Phi) is 10.1. The summed E-state index contributed by atoms with van der Waals surface area (Å²) in [6.45, 7) is 6.66. The molecule has 0 radical (unpaired) electrons. The van der Waals surface area contributed by atoms with E-state index in [1.807, 2.05) is 0 Å². The van der Waals surface area contributed by atoms with Gasteiger partial charge < -0.3 is 19.6 Å². The molecule has 2 aliphatic rings. The number of halogens is 2. The van der Waals surface area contributed by atoms with Crippen molar-refractivity contribution in [2.45, 2.75) is 50.5 Å². The first kappa shape index (κ1) is 27.0. The van der Waals surface area contributed by atoms with Crippen molar-refractivity contribution >= 4 is 18.2 Å². The predicted octanol–water partition coefficient (Wildman–Crippen LogP) is 1.48. The molecule has 2 rings (SSSR count). The van der Waals surface area contributed by atoms with Gasteiger partial charge in [-0.1, -0.05) is 6.58 Å². The number of hydrogen-bond donors (Lipinski definition) is 0. The molecule has 2 fully saturated rings. The standard InChI is InChI=1S/C23H39F2N5O3/c1-19(30-12-6-5-7-13-30)15-27(3)22(33)20(28(4)21(32)16-26(2)18-31)9-14-29-11-8-10-23(24,25)17-29/h18,20H,1,5-17H2,2-4H3. The highest BCUT2D eigenvalue weighted by atomic mass is 19.3. The van der Waals surface area contributed by atoms with Crippen molar-refractivity contribution in [3.63, 3.8) is 0 Å². The van der Waals surface area contributed by atoms with E-state index in [1.54, 1.807) is 16.8 Å². The molecule has 2 saturated heterocycles. The van der Waals surface area contributed by atoms with E-state index in [4.69, 9.17) is 0 Å². The topological polar surface area (TPSA) is 67.4 Å². The lowest BCUT2D eigenvalue weighted by Crippen LogP contribution is -2.53. The van der Waals surface area contributed by atoms with Crippen LogP contribution >= 0.6 is 0 Å². The Morgan fingerprint density at radius 3 is 2.33 bits per heavy atom. The van der Waals surface area contributed by atoms with Gasteiger partial charge in [-0.3, -0.25) is 19.3 Å². The van der Waals surface area contributed by atoms with Crippen LogP contribution in [0.25, 0.3) is 0 Å². The lowest BCUT2D eigenvalue weighted by atomic mass is 10.1. The number of nitrogens with zero attached hydrogens (tertiary/aromatic N) is 5.